The van der Waals surface area contributed by atoms with Crippen molar-refractivity contribution in [3.63, 3.8) is 0 Å². The number of sulfone groups is 1. The molecular formula is C13H15FN4O3S. The molecular weight excluding hydrogens is 311 g/mol. The Balaban J connectivity index is 1.99. The molecule has 0 saturated carbocycles. The number of nitrogens with one attached hydrogen (secondary N) is 1. The van der Waals surface area contributed by atoms with Gasteiger partial charge in [0.25, 0.3) is 5.91 Å². The average Bonchev–Trinajstić information content (AvgIpc) is 2.97. The molecule has 0 aliphatic rings. The van der Waals surface area contributed by atoms with E-state index in [-0.39, 0.29) is 29.6 Å². The number of aromatic nitrogens is 3. The molecule has 1 aromatic carbocycles. The number of rotatable bonds is 6. The van der Waals surface area contributed by atoms with Gasteiger partial charge in [0.2, 0.25) is 0 Å². The highest BCUT2D eigenvalue weighted by Crippen LogP contribution is 2.08. The highest BCUT2D eigenvalue weighted by atomic mass is 32.2. The fraction of sp³-hybridized carbons (Fsp3) is 0.308. The third-order valence-corrected chi connectivity index (χ3v) is 4.66. The normalized spacial score (nSPS) is 11.4. The van der Waals surface area contributed by atoms with Crippen molar-refractivity contribution < 1.29 is 17.6 Å². The molecule has 0 atom stereocenters. The molecule has 0 unspecified atom stereocenters. The Morgan fingerprint density at radius 3 is 2.64 bits per heavy atom. The number of nitrogens with zero attached hydrogens (tertiary/aromatic N) is 3. The number of carbonyl (C=O) groups excluding carboxylic acids is 1. The van der Waals surface area contributed by atoms with Gasteiger partial charge in [-0.2, -0.15) is 0 Å². The third kappa shape index (κ3) is 4.10. The van der Waals surface area contributed by atoms with Gasteiger partial charge in [0.15, 0.2) is 15.5 Å². The van der Waals surface area contributed by atoms with Gasteiger partial charge in [0, 0.05) is 12.3 Å². The lowest BCUT2D eigenvalue weighted by Crippen LogP contribution is -2.29. The molecule has 2 aromatic rings. The van der Waals surface area contributed by atoms with Crippen LogP contribution in [0.15, 0.2) is 30.5 Å². The van der Waals surface area contributed by atoms with E-state index in [4.69, 9.17) is 0 Å². The predicted octanol–water partition coefficient (Wildman–Crippen LogP) is 0.571. The molecule has 1 heterocycles. The van der Waals surface area contributed by atoms with Gasteiger partial charge in [0.1, 0.15) is 5.82 Å². The fourth-order valence-electron chi connectivity index (χ4n) is 1.64. The monoisotopic (exact) mass is 326 g/mol. The molecule has 0 aliphatic carbocycles. The second kappa shape index (κ2) is 6.65. The zero-order chi connectivity index (χ0) is 16.2. The van der Waals surface area contributed by atoms with Crippen molar-refractivity contribution in [2.75, 3.05) is 18.1 Å². The van der Waals surface area contributed by atoms with Gasteiger partial charge in [-0.1, -0.05) is 12.1 Å². The Kier molecular flexibility index (Phi) is 4.86. The summed E-state index contributed by atoms with van der Waals surface area (Å²) in [6.45, 7) is 1.56. The Morgan fingerprint density at radius 1 is 1.32 bits per heavy atom. The maximum Gasteiger partial charge on any atom is 0.273 e. The van der Waals surface area contributed by atoms with Crippen molar-refractivity contribution in [1.82, 2.24) is 20.3 Å². The molecule has 1 N–H and O–H groups in total. The standard InChI is InChI=1S/C13H15FN4O3S/c1-2-22(20,21)8-7-15-13(19)12-9-18(17-16-12)11-5-3-10(14)4-6-11/h3-6,9H,2,7-8H2,1H3,(H,15,19). The van der Waals surface area contributed by atoms with E-state index >= 15 is 0 Å². The van der Waals surface area contributed by atoms with Crippen LogP contribution in [0.3, 0.4) is 0 Å². The second-order valence-corrected chi connectivity index (χ2v) is 6.99. The maximum absolute atomic E-state index is 12.8. The van der Waals surface area contributed by atoms with Crippen LogP contribution in [0.2, 0.25) is 0 Å². The lowest BCUT2D eigenvalue weighted by molar-refractivity contribution is 0.0951. The van der Waals surface area contributed by atoms with Crippen LogP contribution in [0.5, 0.6) is 0 Å². The van der Waals surface area contributed by atoms with Crippen LogP contribution in [-0.2, 0) is 9.84 Å². The number of benzene rings is 1. The van der Waals surface area contributed by atoms with Gasteiger partial charge in [-0.25, -0.2) is 17.5 Å². The fourth-order valence-corrected chi connectivity index (χ4v) is 2.34. The van der Waals surface area contributed by atoms with E-state index in [1.54, 1.807) is 6.92 Å². The summed E-state index contributed by atoms with van der Waals surface area (Å²) >= 11 is 0. The topological polar surface area (TPSA) is 94.0 Å². The lowest BCUT2D eigenvalue weighted by atomic mass is 10.3. The van der Waals surface area contributed by atoms with Crippen LogP contribution in [0.4, 0.5) is 4.39 Å². The van der Waals surface area contributed by atoms with Gasteiger partial charge in [-0.15, -0.1) is 5.10 Å². The second-order valence-electron chi connectivity index (χ2n) is 4.52. The molecule has 118 valence electrons. The van der Waals surface area contributed by atoms with Crippen LogP contribution >= 0.6 is 0 Å². The summed E-state index contributed by atoms with van der Waals surface area (Å²) in [7, 11) is -3.13. The van der Waals surface area contributed by atoms with Gasteiger partial charge < -0.3 is 5.32 Å². The molecule has 0 bridgehead atoms. The molecule has 0 aliphatic heterocycles. The van der Waals surface area contributed by atoms with Crippen molar-refractivity contribution in [2.45, 2.75) is 6.92 Å². The van der Waals surface area contributed by atoms with E-state index < -0.39 is 15.7 Å². The van der Waals surface area contributed by atoms with Crippen LogP contribution in [0, 0.1) is 5.82 Å². The van der Waals surface area contributed by atoms with E-state index in [0.717, 1.165) is 0 Å². The van der Waals surface area contributed by atoms with Gasteiger partial charge in [-0.3, -0.25) is 4.79 Å². The summed E-state index contributed by atoms with van der Waals surface area (Å²) < 4.78 is 36.8. The minimum absolute atomic E-state index is 0.0123. The Hall–Kier alpha value is -2.29. The molecule has 0 fully saturated rings. The van der Waals surface area contributed by atoms with E-state index in [1.165, 1.54) is 35.1 Å². The Bertz CT molecular complexity index is 756. The summed E-state index contributed by atoms with van der Waals surface area (Å²) in [6, 6.07) is 5.54. The molecule has 7 nitrogen and oxygen atoms in total. The predicted molar refractivity (Wildman–Crippen MR) is 78.0 cm³/mol. The third-order valence-electron chi connectivity index (χ3n) is 2.96. The first-order valence-corrected chi connectivity index (χ1v) is 8.40. The maximum atomic E-state index is 12.8. The molecule has 1 aromatic heterocycles. The summed E-state index contributed by atoms with van der Waals surface area (Å²) in [5.74, 6) is -0.982. The van der Waals surface area contributed by atoms with Gasteiger partial charge in [0.05, 0.1) is 17.6 Å². The molecule has 9 heteroatoms. The molecule has 0 spiro atoms. The van der Waals surface area contributed by atoms with Crippen LogP contribution in [-0.4, -0.2) is 47.4 Å². The van der Waals surface area contributed by atoms with E-state index in [2.05, 4.69) is 15.6 Å². The molecule has 2 rings (SSSR count). The quantitative estimate of drug-likeness (QED) is 0.837. The van der Waals surface area contributed by atoms with Gasteiger partial charge in [-0.05, 0) is 24.3 Å². The van der Waals surface area contributed by atoms with Crippen LogP contribution < -0.4 is 5.32 Å². The molecule has 22 heavy (non-hydrogen) atoms. The van der Waals surface area contributed by atoms with Crippen molar-refractivity contribution in [2.24, 2.45) is 0 Å². The highest BCUT2D eigenvalue weighted by molar-refractivity contribution is 7.91. The van der Waals surface area contributed by atoms with Crippen LogP contribution in [0.25, 0.3) is 5.69 Å². The Labute approximate surface area is 127 Å². The van der Waals surface area contributed by atoms with E-state index in [0.29, 0.717) is 5.69 Å². The number of halogens is 1. The van der Waals surface area contributed by atoms with E-state index in [9.17, 15) is 17.6 Å². The summed E-state index contributed by atoms with van der Waals surface area (Å²) in [6.07, 6.45) is 1.39. The largest absolute Gasteiger partial charge is 0.350 e. The first kappa shape index (κ1) is 16.1. The number of amides is 1. The minimum Gasteiger partial charge on any atom is -0.350 e. The molecule has 1 amide bonds. The smallest absolute Gasteiger partial charge is 0.273 e. The zero-order valence-corrected chi connectivity index (χ0v) is 12.7. The van der Waals surface area contributed by atoms with Crippen LogP contribution in [0.1, 0.15) is 17.4 Å². The number of carbonyl (C=O) groups is 1. The van der Waals surface area contributed by atoms with E-state index in [1.807, 2.05) is 0 Å². The zero-order valence-electron chi connectivity index (χ0n) is 11.9. The number of hydrogen-bond acceptors (Lipinski definition) is 5. The molecule has 0 radical (unpaired) electrons. The average molecular weight is 326 g/mol. The molecule has 0 saturated heterocycles. The van der Waals surface area contributed by atoms with Crippen molar-refractivity contribution in [1.29, 1.82) is 0 Å². The summed E-state index contributed by atoms with van der Waals surface area (Å²) in [5, 5.41) is 9.95. The summed E-state index contributed by atoms with van der Waals surface area (Å²) in [5.41, 5.74) is 0.611. The first-order valence-electron chi connectivity index (χ1n) is 6.58. The SMILES string of the molecule is CCS(=O)(=O)CCNC(=O)c1cn(-c2ccc(F)cc2)nn1. The summed E-state index contributed by atoms with van der Waals surface area (Å²) in [4.78, 5) is 11.8. The Morgan fingerprint density at radius 2 is 2.00 bits per heavy atom. The highest BCUT2D eigenvalue weighted by Gasteiger charge is 2.13. The first-order chi connectivity index (χ1) is 10.4. The van der Waals surface area contributed by atoms with Gasteiger partial charge >= 0.3 is 0 Å². The van der Waals surface area contributed by atoms with Crippen molar-refractivity contribution >= 4 is 15.7 Å². The number of hydrogen-bond donors (Lipinski definition) is 1. The minimum atomic E-state index is -3.13. The lowest BCUT2D eigenvalue weighted by Gasteiger charge is -2.02. The van der Waals surface area contributed by atoms with Crippen molar-refractivity contribution in [3.05, 3.63) is 42.0 Å². The van der Waals surface area contributed by atoms with Crippen molar-refractivity contribution in [3.8, 4) is 5.69 Å².